The highest BCUT2D eigenvalue weighted by atomic mass is 16.5. The van der Waals surface area contributed by atoms with E-state index in [4.69, 9.17) is 9.47 Å². The number of carboxylic acid groups (broad SMARTS) is 1. The Morgan fingerprint density at radius 3 is 2.17 bits per heavy atom. The molecule has 0 aliphatic heterocycles. The summed E-state index contributed by atoms with van der Waals surface area (Å²) in [6, 6.07) is 14.2. The number of carboxylic acids is 1. The Kier molecular flexibility index (Phi) is 8.02. The number of amides is 2. The van der Waals surface area contributed by atoms with E-state index in [0.717, 1.165) is 35.1 Å². The van der Waals surface area contributed by atoms with Crippen LogP contribution in [0.25, 0.3) is 11.1 Å². The van der Waals surface area contributed by atoms with Crippen LogP contribution in [0.15, 0.2) is 48.5 Å². The number of hydrogen-bond acceptors (Lipinski definition) is 5. The molecule has 2 atom stereocenters. The summed E-state index contributed by atoms with van der Waals surface area (Å²) in [5, 5.41) is 14.7. The molecule has 2 aliphatic rings. The first-order chi connectivity index (χ1) is 17.0. The van der Waals surface area contributed by atoms with Crippen LogP contribution in [0.2, 0.25) is 0 Å². The monoisotopic (exact) mass is 480 g/mol. The lowest BCUT2D eigenvalue weighted by Crippen LogP contribution is -2.52. The fraction of sp³-hybridized carbons (Fsp3) is 0.444. The van der Waals surface area contributed by atoms with E-state index in [2.05, 4.69) is 22.8 Å². The molecule has 186 valence electrons. The first kappa shape index (κ1) is 24.7. The van der Waals surface area contributed by atoms with E-state index < -0.39 is 30.1 Å². The van der Waals surface area contributed by atoms with E-state index in [9.17, 15) is 19.5 Å². The molecule has 0 radical (unpaired) electrons. The number of benzene rings is 2. The van der Waals surface area contributed by atoms with Crippen LogP contribution in [-0.4, -0.2) is 55.5 Å². The maximum atomic E-state index is 12.9. The van der Waals surface area contributed by atoms with E-state index in [-0.39, 0.29) is 12.5 Å². The van der Waals surface area contributed by atoms with E-state index in [1.807, 2.05) is 36.4 Å². The fourth-order valence-electron chi connectivity index (χ4n) is 4.66. The Hall–Kier alpha value is -3.39. The Morgan fingerprint density at radius 2 is 1.60 bits per heavy atom. The number of ether oxygens (including phenoxy) is 2. The third-order valence-electron chi connectivity index (χ3n) is 6.67. The first-order valence-electron chi connectivity index (χ1n) is 12.1. The number of nitrogens with one attached hydrogen (secondary N) is 2. The molecule has 4 rings (SSSR count). The summed E-state index contributed by atoms with van der Waals surface area (Å²) in [4.78, 5) is 37.2. The highest BCUT2D eigenvalue weighted by molar-refractivity contribution is 5.89. The van der Waals surface area contributed by atoms with Crippen LogP contribution in [0, 0.1) is 5.92 Å². The minimum Gasteiger partial charge on any atom is -0.480 e. The van der Waals surface area contributed by atoms with Gasteiger partial charge in [-0.2, -0.15) is 0 Å². The Balaban J connectivity index is 1.38. The number of fused-ring (bicyclic) bond motifs is 3. The van der Waals surface area contributed by atoms with Crippen molar-refractivity contribution in [3.05, 3.63) is 59.7 Å². The molecule has 2 amide bonds. The Morgan fingerprint density at radius 1 is 0.971 bits per heavy atom. The van der Waals surface area contributed by atoms with E-state index in [0.29, 0.717) is 31.8 Å². The van der Waals surface area contributed by atoms with Gasteiger partial charge in [0.1, 0.15) is 18.7 Å². The molecule has 1 saturated carbocycles. The molecular weight excluding hydrogens is 448 g/mol. The molecule has 1 fully saturated rings. The number of methoxy groups -OCH3 is 1. The molecule has 8 nitrogen and oxygen atoms in total. The zero-order chi connectivity index (χ0) is 24.8. The average Bonchev–Trinajstić information content (AvgIpc) is 3.62. The van der Waals surface area contributed by atoms with Crippen LogP contribution < -0.4 is 10.6 Å². The molecule has 2 aliphatic carbocycles. The predicted octanol–water partition coefficient (Wildman–Crippen LogP) is 3.69. The van der Waals surface area contributed by atoms with Crippen molar-refractivity contribution in [1.29, 1.82) is 0 Å². The molecule has 2 aromatic rings. The van der Waals surface area contributed by atoms with Crippen molar-refractivity contribution >= 4 is 18.0 Å². The molecule has 0 saturated heterocycles. The van der Waals surface area contributed by atoms with Gasteiger partial charge in [0.25, 0.3) is 0 Å². The fourth-order valence-corrected chi connectivity index (χ4v) is 4.66. The third-order valence-corrected chi connectivity index (χ3v) is 6.67. The highest BCUT2D eigenvalue weighted by Gasteiger charge is 2.33. The number of alkyl carbamates (subject to hydrolysis) is 1. The van der Waals surface area contributed by atoms with Gasteiger partial charge in [0.2, 0.25) is 5.91 Å². The van der Waals surface area contributed by atoms with Crippen LogP contribution in [0.3, 0.4) is 0 Å². The zero-order valence-electron chi connectivity index (χ0n) is 19.9. The lowest BCUT2D eigenvalue weighted by Gasteiger charge is -2.22. The van der Waals surface area contributed by atoms with Crippen LogP contribution in [0.5, 0.6) is 0 Å². The summed E-state index contributed by atoms with van der Waals surface area (Å²) >= 11 is 0. The summed E-state index contributed by atoms with van der Waals surface area (Å²) in [6.07, 6.45) is 2.48. The lowest BCUT2D eigenvalue weighted by atomic mass is 9.98. The topological polar surface area (TPSA) is 114 Å². The lowest BCUT2D eigenvalue weighted by molar-refractivity contribution is -0.142. The van der Waals surface area contributed by atoms with Gasteiger partial charge in [-0.1, -0.05) is 61.4 Å². The second-order valence-corrected chi connectivity index (χ2v) is 9.24. The number of hydrogen-bond donors (Lipinski definition) is 3. The van der Waals surface area contributed by atoms with Gasteiger partial charge < -0.3 is 25.2 Å². The summed E-state index contributed by atoms with van der Waals surface area (Å²) in [5.41, 5.74) is 4.45. The van der Waals surface area contributed by atoms with E-state index in [1.165, 1.54) is 0 Å². The minimum atomic E-state index is -1.07. The van der Waals surface area contributed by atoms with Crippen LogP contribution in [-0.2, 0) is 19.1 Å². The molecule has 3 N–H and O–H groups in total. The largest absolute Gasteiger partial charge is 0.480 e. The second-order valence-electron chi connectivity index (χ2n) is 9.24. The third kappa shape index (κ3) is 6.19. The molecular formula is C27H32N2O6. The van der Waals surface area contributed by atoms with Crippen molar-refractivity contribution in [2.24, 2.45) is 5.92 Å². The zero-order valence-corrected chi connectivity index (χ0v) is 19.9. The smallest absolute Gasteiger partial charge is 0.407 e. The standard InChI is InChI=1S/C27H32N2O6/c1-34-14-6-11-23(25(30)28-24(26(31)32)15-17-12-13-17)29-27(33)35-16-22-20-9-4-2-7-18(20)19-8-3-5-10-21(19)22/h2-5,7-10,17,22-24H,6,11-16H2,1H3,(H,28,30)(H,29,33)(H,31,32)/t23?,24-/m0/s1. The van der Waals surface area contributed by atoms with Gasteiger partial charge in [-0.05, 0) is 47.4 Å². The first-order valence-corrected chi connectivity index (χ1v) is 12.1. The van der Waals surface area contributed by atoms with E-state index >= 15 is 0 Å². The van der Waals surface area contributed by atoms with Gasteiger partial charge in [0.15, 0.2) is 0 Å². The maximum Gasteiger partial charge on any atom is 0.407 e. The SMILES string of the molecule is COCCCC(NC(=O)OCC1c2ccccc2-c2ccccc21)C(=O)N[C@@H](CC1CC1)C(=O)O. The normalized spacial score (nSPS) is 16.0. The number of aliphatic carboxylic acids is 1. The van der Waals surface area contributed by atoms with Gasteiger partial charge in [-0.25, -0.2) is 9.59 Å². The summed E-state index contributed by atoms with van der Waals surface area (Å²) in [7, 11) is 1.56. The summed E-state index contributed by atoms with van der Waals surface area (Å²) in [6.45, 7) is 0.548. The summed E-state index contributed by atoms with van der Waals surface area (Å²) < 4.78 is 10.6. The highest BCUT2D eigenvalue weighted by Crippen LogP contribution is 2.44. The van der Waals surface area contributed by atoms with Crippen molar-refractivity contribution in [3.63, 3.8) is 0 Å². The van der Waals surface area contributed by atoms with Crippen molar-refractivity contribution in [1.82, 2.24) is 10.6 Å². The van der Waals surface area contributed by atoms with Crippen LogP contribution in [0.4, 0.5) is 4.79 Å². The molecule has 0 bridgehead atoms. The van der Waals surface area contributed by atoms with Gasteiger partial charge >= 0.3 is 12.1 Å². The molecule has 0 aromatic heterocycles. The quantitative estimate of drug-likeness (QED) is 0.399. The van der Waals surface area contributed by atoms with Gasteiger partial charge in [0, 0.05) is 19.6 Å². The van der Waals surface area contributed by atoms with Crippen LogP contribution in [0.1, 0.15) is 49.1 Å². The Bertz CT molecular complexity index is 1020. The van der Waals surface area contributed by atoms with Gasteiger partial charge in [-0.15, -0.1) is 0 Å². The van der Waals surface area contributed by atoms with Crippen molar-refractivity contribution in [3.8, 4) is 11.1 Å². The van der Waals surface area contributed by atoms with E-state index in [1.54, 1.807) is 7.11 Å². The van der Waals surface area contributed by atoms with Crippen LogP contribution >= 0.6 is 0 Å². The summed E-state index contributed by atoms with van der Waals surface area (Å²) in [5.74, 6) is -1.35. The van der Waals surface area contributed by atoms with Crippen molar-refractivity contribution in [2.45, 2.75) is 50.1 Å². The van der Waals surface area contributed by atoms with Gasteiger partial charge in [-0.3, -0.25) is 4.79 Å². The average molecular weight is 481 g/mol. The molecule has 0 spiro atoms. The molecule has 8 heteroatoms. The molecule has 0 heterocycles. The predicted molar refractivity (Wildman–Crippen MR) is 130 cm³/mol. The minimum absolute atomic E-state index is 0.0937. The molecule has 35 heavy (non-hydrogen) atoms. The number of carbonyl (C=O) groups is 3. The second kappa shape index (κ2) is 11.4. The molecule has 1 unspecified atom stereocenters. The Labute approximate surface area is 205 Å². The van der Waals surface area contributed by atoms with Gasteiger partial charge in [0.05, 0.1) is 0 Å². The number of rotatable bonds is 12. The maximum absolute atomic E-state index is 12.9. The van der Waals surface area contributed by atoms with Crippen molar-refractivity contribution in [2.75, 3.05) is 20.3 Å². The number of carbonyl (C=O) groups excluding carboxylic acids is 2. The molecule has 2 aromatic carbocycles. The van der Waals surface area contributed by atoms with Crippen molar-refractivity contribution < 1.29 is 29.0 Å².